The SMILES string of the molecule is CCC(CNC)OC(C)c1ccccc1. The van der Waals surface area contributed by atoms with Crippen molar-refractivity contribution in [2.45, 2.75) is 32.5 Å². The van der Waals surface area contributed by atoms with Crippen molar-refractivity contribution in [1.82, 2.24) is 5.32 Å². The van der Waals surface area contributed by atoms with Crippen molar-refractivity contribution in [3.63, 3.8) is 0 Å². The van der Waals surface area contributed by atoms with Gasteiger partial charge in [-0.1, -0.05) is 37.3 Å². The zero-order valence-electron chi connectivity index (χ0n) is 9.86. The third kappa shape index (κ3) is 4.02. The van der Waals surface area contributed by atoms with Crippen LogP contribution in [0.25, 0.3) is 0 Å². The number of ether oxygens (including phenoxy) is 1. The highest BCUT2D eigenvalue weighted by molar-refractivity contribution is 5.16. The van der Waals surface area contributed by atoms with Crippen molar-refractivity contribution in [1.29, 1.82) is 0 Å². The van der Waals surface area contributed by atoms with Crippen LogP contribution < -0.4 is 5.32 Å². The molecule has 1 aromatic carbocycles. The third-order valence-electron chi connectivity index (χ3n) is 2.55. The number of hydrogen-bond acceptors (Lipinski definition) is 2. The maximum atomic E-state index is 5.96. The van der Waals surface area contributed by atoms with Crippen molar-refractivity contribution < 1.29 is 4.74 Å². The fourth-order valence-electron chi connectivity index (χ4n) is 1.61. The molecule has 0 spiro atoms. The van der Waals surface area contributed by atoms with Gasteiger partial charge in [-0.25, -0.2) is 0 Å². The summed E-state index contributed by atoms with van der Waals surface area (Å²) in [4.78, 5) is 0. The molecule has 1 aromatic rings. The van der Waals surface area contributed by atoms with E-state index in [9.17, 15) is 0 Å². The zero-order valence-corrected chi connectivity index (χ0v) is 9.86. The summed E-state index contributed by atoms with van der Waals surface area (Å²) in [5.74, 6) is 0. The van der Waals surface area contributed by atoms with E-state index in [0.29, 0.717) is 6.10 Å². The Morgan fingerprint density at radius 2 is 1.93 bits per heavy atom. The Morgan fingerprint density at radius 3 is 2.47 bits per heavy atom. The summed E-state index contributed by atoms with van der Waals surface area (Å²) < 4.78 is 5.96. The van der Waals surface area contributed by atoms with E-state index in [4.69, 9.17) is 4.74 Å². The van der Waals surface area contributed by atoms with Gasteiger partial charge >= 0.3 is 0 Å². The fraction of sp³-hybridized carbons (Fsp3) is 0.538. The quantitative estimate of drug-likeness (QED) is 0.774. The highest BCUT2D eigenvalue weighted by atomic mass is 16.5. The minimum absolute atomic E-state index is 0.171. The van der Waals surface area contributed by atoms with E-state index in [2.05, 4.69) is 31.3 Å². The maximum absolute atomic E-state index is 5.96. The largest absolute Gasteiger partial charge is 0.369 e. The molecule has 0 aromatic heterocycles. The molecule has 0 heterocycles. The Morgan fingerprint density at radius 1 is 1.27 bits per heavy atom. The first-order chi connectivity index (χ1) is 7.27. The molecule has 0 aliphatic heterocycles. The second-order valence-corrected chi connectivity index (χ2v) is 3.78. The van der Waals surface area contributed by atoms with Gasteiger partial charge in [0.15, 0.2) is 0 Å². The van der Waals surface area contributed by atoms with Crippen LogP contribution in [0.4, 0.5) is 0 Å². The summed E-state index contributed by atoms with van der Waals surface area (Å²) in [6.45, 7) is 5.17. The van der Waals surface area contributed by atoms with Crippen LogP contribution in [0.15, 0.2) is 30.3 Å². The maximum Gasteiger partial charge on any atom is 0.0801 e. The van der Waals surface area contributed by atoms with Gasteiger partial charge in [-0.3, -0.25) is 0 Å². The number of hydrogen-bond donors (Lipinski definition) is 1. The van der Waals surface area contributed by atoms with Crippen LogP contribution in [0, 0.1) is 0 Å². The molecule has 0 saturated heterocycles. The van der Waals surface area contributed by atoms with Crippen molar-refractivity contribution >= 4 is 0 Å². The molecule has 1 N–H and O–H groups in total. The Labute approximate surface area is 92.6 Å². The van der Waals surface area contributed by atoms with E-state index in [1.54, 1.807) is 0 Å². The highest BCUT2D eigenvalue weighted by Gasteiger charge is 2.11. The van der Waals surface area contributed by atoms with E-state index in [-0.39, 0.29) is 6.10 Å². The molecule has 1 rings (SSSR count). The molecule has 15 heavy (non-hydrogen) atoms. The molecule has 84 valence electrons. The number of rotatable bonds is 6. The van der Waals surface area contributed by atoms with E-state index in [1.165, 1.54) is 5.56 Å². The molecule has 0 aliphatic carbocycles. The normalized spacial score (nSPS) is 14.9. The van der Waals surface area contributed by atoms with Gasteiger partial charge in [-0.2, -0.15) is 0 Å². The Bertz CT molecular complexity index is 260. The predicted molar refractivity (Wildman–Crippen MR) is 63.9 cm³/mol. The van der Waals surface area contributed by atoms with Crippen molar-refractivity contribution in [2.75, 3.05) is 13.6 Å². The summed E-state index contributed by atoms with van der Waals surface area (Å²) in [5, 5.41) is 3.15. The lowest BCUT2D eigenvalue weighted by molar-refractivity contribution is -0.00359. The van der Waals surface area contributed by atoms with Crippen LogP contribution in [-0.4, -0.2) is 19.7 Å². The Hall–Kier alpha value is -0.860. The van der Waals surface area contributed by atoms with Crippen LogP contribution in [0.2, 0.25) is 0 Å². The highest BCUT2D eigenvalue weighted by Crippen LogP contribution is 2.18. The summed E-state index contributed by atoms with van der Waals surface area (Å²) in [7, 11) is 1.96. The van der Waals surface area contributed by atoms with Crippen molar-refractivity contribution in [2.24, 2.45) is 0 Å². The predicted octanol–water partition coefficient (Wildman–Crippen LogP) is 2.76. The van der Waals surface area contributed by atoms with E-state index >= 15 is 0 Å². The summed E-state index contributed by atoms with van der Waals surface area (Å²) in [5.41, 5.74) is 1.24. The number of likely N-dealkylation sites (N-methyl/N-ethyl adjacent to an activating group) is 1. The molecule has 0 aliphatic rings. The second kappa shape index (κ2) is 6.59. The van der Waals surface area contributed by atoms with Gasteiger partial charge in [-0.15, -0.1) is 0 Å². The zero-order chi connectivity index (χ0) is 11.1. The lowest BCUT2D eigenvalue weighted by atomic mass is 10.1. The van der Waals surface area contributed by atoms with Crippen LogP contribution in [0.1, 0.15) is 31.9 Å². The van der Waals surface area contributed by atoms with Gasteiger partial charge in [0.2, 0.25) is 0 Å². The summed E-state index contributed by atoms with van der Waals surface area (Å²) >= 11 is 0. The molecule has 0 bridgehead atoms. The fourth-order valence-corrected chi connectivity index (χ4v) is 1.61. The van der Waals surface area contributed by atoms with Crippen LogP contribution in [0.5, 0.6) is 0 Å². The average molecular weight is 207 g/mol. The second-order valence-electron chi connectivity index (χ2n) is 3.78. The number of benzene rings is 1. The number of nitrogens with one attached hydrogen (secondary N) is 1. The van der Waals surface area contributed by atoms with Gasteiger partial charge in [0.1, 0.15) is 0 Å². The molecule has 2 atom stereocenters. The van der Waals surface area contributed by atoms with E-state index < -0.39 is 0 Å². The first-order valence-electron chi connectivity index (χ1n) is 5.63. The molecule has 0 fully saturated rings. The lowest BCUT2D eigenvalue weighted by Crippen LogP contribution is -2.26. The van der Waals surface area contributed by atoms with Crippen molar-refractivity contribution in [3.05, 3.63) is 35.9 Å². The molecule has 2 unspecified atom stereocenters. The van der Waals surface area contributed by atoms with Gasteiger partial charge in [0.25, 0.3) is 0 Å². The topological polar surface area (TPSA) is 21.3 Å². The van der Waals surface area contributed by atoms with Gasteiger partial charge in [0.05, 0.1) is 12.2 Å². The molecule has 2 nitrogen and oxygen atoms in total. The third-order valence-corrected chi connectivity index (χ3v) is 2.55. The molecular weight excluding hydrogens is 186 g/mol. The molecule has 0 amide bonds. The summed E-state index contributed by atoms with van der Waals surface area (Å²) in [6.07, 6.45) is 1.51. The Balaban J connectivity index is 2.50. The molecule has 2 heteroatoms. The van der Waals surface area contributed by atoms with E-state index in [1.807, 2.05) is 25.2 Å². The molecule has 0 saturated carbocycles. The Kier molecular flexibility index (Phi) is 5.37. The average Bonchev–Trinajstić information content (AvgIpc) is 2.29. The monoisotopic (exact) mass is 207 g/mol. The summed E-state index contributed by atoms with van der Waals surface area (Å²) in [6, 6.07) is 10.3. The van der Waals surface area contributed by atoms with Crippen LogP contribution in [-0.2, 0) is 4.74 Å². The minimum Gasteiger partial charge on any atom is -0.369 e. The van der Waals surface area contributed by atoms with Crippen LogP contribution in [0.3, 0.4) is 0 Å². The lowest BCUT2D eigenvalue weighted by Gasteiger charge is -2.21. The molecule has 0 radical (unpaired) electrons. The van der Waals surface area contributed by atoms with Crippen LogP contribution >= 0.6 is 0 Å². The van der Waals surface area contributed by atoms with Gasteiger partial charge in [-0.05, 0) is 26.0 Å². The van der Waals surface area contributed by atoms with Gasteiger partial charge < -0.3 is 10.1 Å². The van der Waals surface area contributed by atoms with Gasteiger partial charge in [0, 0.05) is 6.54 Å². The standard InChI is InChI=1S/C13H21NO/c1-4-13(10-14-3)15-11(2)12-8-6-5-7-9-12/h5-9,11,13-14H,4,10H2,1-3H3. The van der Waals surface area contributed by atoms with Crippen molar-refractivity contribution in [3.8, 4) is 0 Å². The van der Waals surface area contributed by atoms with E-state index in [0.717, 1.165) is 13.0 Å². The minimum atomic E-state index is 0.171. The smallest absolute Gasteiger partial charge is 0.0801 e. The first-order valence-corrected chi connectivity index (χ1v) is 5.63. The molecular formula is C13H21NO. The first kappa shape index (κ1) is 12.2.